The van der Waals surface area contributed by atoms with Crippen molar-refractivity contribution in [3.05, 3.63) is 0 Å². The lowest BCUT2D eigenvalue weighted by Gasteiger charge is -2.52. The molecule has 10 heteroatoms. The normalized spacial score (nSPS) is 48.5. The van der Waals surface area contributed by atoms with Crippen molar-refractivity contribution in [1.29, 1.82) is 0 Å². The number of nitrogens with zero attached hydrogens (tertiary/aromatic N) is 3. The van der Waals surface area contributed by atoms with E-state index < -0.39 is 26.1 Å². The first-order valence-corrected chi connectivity index (χ1v) is 17.1. The molecule has 0 saturated carbocycles. The van der Waals surface area contributed by atoms with Crippen molar-refractivity contribution in [2.75, 3.05) is 35.4 Å². The molecule has 2 rings (SSSR count). The van der Waals surface area contributed by atoms with Crippen LogP contribution in [0.1, 0.15) is 104 Å². The number of hydrogen-bond donors (Lipinski definition) is 0. The van der Waals surface area contributed by atoms with Gasteiger partial charge in [0.15, 0.2) is 31.1 Å². The summed E-state index contributed by atoms with van der Waals surface area (Å²) in [5, 5.41) is 0. The average molecular weight is 635 g/mol. The fraction of sp³-hybridized carbons (Fsp3) is 1.00. The fourth-order valence-electron chi connectivity index (χ4n) is 7.86. The number of fused-ring (bicyclic) bond motifs is 2. The quantitative estimate of drug-likeness (QED) is 0.264. The van der Waals surface area contributed by atoms with Crippen LogP contribution in [0.5, 0.6) is 0 Å². The molecule has 0 N–H and O–H groups in total. The molecule has 10 nitrogen and oxygen atoms in total. The van der Waals surface area contributed by atoms with Crippen LogP contribution in [0.25, 0.3) is 0 Å². The minimum Gasteiger partial charge on any atom is -0.131 e. The Morgan fingerprint density at radius 2 is 1.09 bits per heavy atom. The molecule has 2 fully saturated rings. The van der Waals surface area contributed by atoms with Gasteiger partial charge < -0.3 is 0 Å². The third-order valence-corrected chi connectivity index (χ3v) is 13.0. The fourth-order valence-corrected chi connectivity index (χ4v) is 7.86. The van der Waals surface area contributed by atoms with Crippen molar-refractivity contribution in [1.82, 2.24) is 0 Å². The topological polar surface area (TPSA) is 64.6 Å². The van der Waals surface area contributed by atoms with Crippen molar-refractivity contribution in [3.8, 4) is 0 Å². The highest BCUT2D eigenvalue weighted by atomic mass is 17.4. The number of rotatable bonds is 7. The maximum absolute atomic E-state index is 7.13. The van der Waals surface area contributed by atoms with E-state index in [0.29, 0.717) is 17.8 Å². The SMILES string of the molecule is CO[N+]1(C)OC(C(C)C(C)C(C)C)C(C)C(C)C(C)C2(C)O[N+](C)(O1)O[N+](C)(OC)OC(C)(C(C)C(C)C)C(C)C(C)C2C. The summed E-state index contributed by atoms with van der Waals surface area (Å²) >= 11 is 0. The molecule has 2 aliphatic rings. The van der Waals surface area contributed by atoms with E-state index in [-0.39, 0.29) is 53.4 Å². The van der Waals surface area contributed by atoms with Crippen molar-refractivity contribution >= 4 is 0 Å². The second-order valence-corrected chi connectivity index (χ2v) is 15.9. The van der Waals surface area contributed by atoms with Crippen LogP contribution in [-0.2, 0) is 34.1 Å². The Labute approximate surface area is 270 Å². The van der Waals surface area contributed by atoms with Gasteiger partial charge in [0.25, 0.3) is 0 Å². The van der Waals surface area contributed by atoms with E-state index in [1.165, 1.54) is 0 Å². The minimum absolute atomic E-state index is 0.0839. The molecule has 44 heavy (non-hydrogen) atoms. The number of hydrogen-bond acceptors (Lipinski definition) is 7. The molecule has 0 amide bonds. The smallest absolute Gasteiger partial charge is 0.131 e. The number of quaternary nitrogens is 3. The molecule has 262 valence electrons. The highest BCUT2D eigenvalue weighted by Crippen LogP contribution is 2.51. The molecule has 0 aromatic heterocycles. The molecule has 2 heterocycles. The van der Waals surface area contributed by atoms with Gasteiger partial charge in [0.2, 0.25) is 4.97 Å². The summed E-state index contributed by atoms with van der Waals surface area (Å²) < 4.78 is 0. The monoisotopic (exact) mass is 635 g/mol. The molecule has 0 aliphatic carbocycles. The third kappa shape index (κ3) is 7.66. The van der Waals surface area contributed by atoms with Crippen LogP contribution in [0.15, 0.2) is 0 Å². The summed E-state index contributed by atoms with van der Waals surface area (Å²) in [6.45, 7) is 34.1. The molecule has 15 unspecified atom stereocenters. The van der Waals surface area contributed by atoms with Crippen LogP contribution in [0.3, 0.4) is 0 Å². The maximum atomic E-state index is 7.13. The molecule has 2 saturated heterocycles. The van der Waals surface area contributed by atoms with E-state index in [0.717, 1.165) is 0 Å². The largest absolute Gasteiger partial charge is 0.213 e. The molecule has 2 bridgehead atoms. The van der Waals surface area contributed by atoms with Crippen LogP contribution < -0.4 is 0 Å². The second kappa shape index (κ2) is 14.0. The Kier molecular flexibility index (Phi) is 12.6. The zero-order valence-electron chi connectivity index (χ0n) is 32.1. The molecule has 2 aliphatic heterocycles. The number of hydroxylamine groups is 9. The van der Waals surface area contributed by atoms with Gasteiger partial charge in [0, 0.05) is 0 Å². The lowest BCUT2D eigenvalue weighted by atomic mass is 9.61. The van der Waals surface area contributed by atoms with Crippen LogP contribution in [0, 0.1) is 65.1 Å². The lowest BCUT2D eigenvalue weighted by molar-refractivity contribution is -1.64. The Hall–Kier alpha value is -0.400. The van der Waals surface area contributed by atoms with Crippen molar-refractivity contribution in [2.45, 2.75) is 121 Å². The first kappa shape index (κ1) is 39.8. The van der Waals surface area contributed by atoms with Crippen molar-refractivity contribution in [3.63, 3.8) is 0 Å². The highest BCUT2D eigenvalue weighted by Gasteiger charge is 2.66. The van der Waals surface area contributed by atoms with E-state index in [9.17, 15) is 0 Å². The lowest BCUT2D eigenvalue weighted by Crippen LogP contribution is -2.70. The summed E-state index contributed by atoms with van der Waals surface area (Å²) in [5.41, 5.74) is -1.33. The Morgan fingerprint density at radius 1 is 0.614 bits per heavy atom. The summed E-state index contributed by atoms with van der Waals surface area (Å²) in [5.74, 6) is 2.55. The Morgan fingerprint density at radius 3 is 1.55 bits per heavy atom. The van der Waals surface area contributed by atoms with Crippen LogP contribution in [-0.4, -0.2) is 67.6 Å². The minimum atomic E-state index is -0.810. The summed E-state index contributed by atoms with van der Waals surface area (Å²) in [6.07, 6.45) is -0.181. The van der Waals surface area contributed by atoms with Gasteiger partial charge in [0.05, 0.1) is 0 Å². The highest BCUT2D eigenvalue weighted by molar-refractivity contribution is 4.98. The summed E-state index contributed by atoms with van der Waals surface area (Å²) in [6, 6.07) is 0. The van der Waals surface area contributed by atoms with Gasteiger partial charge >= 0.3 is 0 Å². The maximum Gasteiger partial charge on any atom is 0.213 e. The van der Waals surface area contributed by atoms with E-state index in [4.69, 9.17) is 34.1 Å². The van der Waals surface area contributed by atoms with Crippen molar-refractivity contribution < 1.29 is 49.0 Å². The van der Waals surface area contributed by atoms with Gasteiger partial charge in [0.1, 0.15) is 41.4 Å². The van der Waals surface area contributed by atoms with E-state index in [1.807, 2.05) is 0 Å². The van der Waals surface area contributed by atoms with Gasteiger partial charge in [-0.05, 0) is 78.9 Å². The van der Waals surface area contributed by atoms with E-state index in [1.54, 1.807) is 35.4 Å². The third-order valence-electron chi connectivity index (χ3n) is 13.0. The predicted molar refractivity (Wildman–Crippen MR) is 171 cm³/mol. The Balaban J connectivity index is 2.91. The molecule has 0 aromatic rings. The molecule has 0 radical (unpaired) electrons. The van der Waals surface area contributed by atoms with Gasteiger partial charge in [-0.2, -0.15) is 0 Å². The van der Waals surface area contributed by atoms with Gasteiger partial charge in [-0.3, -0.25) is 0 Å². The Bertz CT molecular complexity index is 943. The zero-order valence-corrected chi connectivity index (χ0v) is 32.1. The van der Waals surface area contributed by atoms with Crippen molar-refractivity contribution in [2.24, 2.45) is 65.1 Å². The zero-order chi connectivity index (χ0) is 34.4. The van der Waals surface area contributed by atoms with Crippen LogP contribution in [0.4, 0.5) is 0 Å². The molecular formula is C34H72N3O7+3. The standard InChI is InChI=1S/C34H72N3O7/c1-21(2)23(5)25(7)32-26(8)24(6)29(11)34(15)31(13)27(9)30(12)33(14,28(10)22(3)4)41-36(17,39-20)44-37(18,42-34)43-35(16,38-19)40-32/h21-32H,1-20H3/q+3. The molecule has 0 spiro atoms. The predicted octanol–water partition coefficient (Wildman–Crippen LogP) is 7.89. The molecular weight excluding hydrogens is 562 g/mol. The molecule has 0 aromatic carbocycles. The van der Waals surface area contributed by atoms with E-state index in [2.05, 4.69) is 104 Å². The average Bonchev–Trinajstić information content (AvgIpc) is 2.94. The van der Waals surface area contributed by atoms with E-state index >= 15 is 0 Å². The first-order valence-electron chi connectivity index (χ1n) is 17.1. The summed E-state index contributed by atoms with van der Waals surface area (Å²) in [4.78, 5) is 44.0. The first-order chi connectivity index (χ1) is 19.9. The summed E-state index contributed by atoms with van der Waals surface area (Å²) in [7, 11) is 8.29. The van der Waals surface area contributed by atoms with Gasteiger partial charge in [-0.1, -0.05) is 90.0 Å². The van der Waals surface area contributed by atoms with Crippen LogP contribution in [0.2, 0.25) is 0 Å². The van der Waals surface area contributed by atoms with Gasteiger partial charge in [-0.15, -0.1) is 24.2 Å². The molecule has 15 atom stereocenters. The van der Waals surface area contributed by atoms with Gasteiger partial charge in [-0.25, -0.2) is 0 Å². The second-order valence-electron chi connectivity index (χ2n) is 15.9. The van der Waals surface area contributed by atoms with Crippen LogP contribution >= 0.6 is 0 Å².